The Hall–Kier alpha value is -2.41. The molecule has 1 amide bonds. The third-order valence-corrected chi connectivity index (χ3v) is 3.73. The molecule has 1 fully saturated rings. The molecule has 0 aliphatic carbocycles. The second-order valence-corrected chi connectivity index (χ2v) is 5.18. The zero-order valence-electron chi connectivity index (χ0n) is 12.5. The summed E-state index contributed by atoms with van der Waals surface area (Å²) < 4.78 is 7.48. The van der Waals surface area contributed by atoms with Gasteiger partial charge in [-0.05, 0) is 12.1 Å². The lowest BCUT2D eigenvalue weighted by Crippen LogP contribution is -2.49. The van der Waals surface area contributed by atoms with Crippen LogP contribution >= 0.6 is 0 Å². The summed E-state index contributed by atoms with van der Waals surface area (Å²) in [6.07, 6.45) is 6.59. The number of pyridine rings is 1. The van der Waals surface area contributed by atoms with Crippen molar-refractivity contribution in [2.45, 2.75) is 12.6 Å². The standard InChI is InChI=1S/C15H19N5O2/c1-19-7-6-17-14(19)10-18-15(21)13-11-20(8-9-22-13)12-2-4-16-5-3-12/h2-7,13H,8-11H2,1H3,(H,18,21). The molecule has 0 bridgehead atoms. The van der Waals surface area contributed by atoms with E-state index in [0.717, 1.165) is 18.1 Å². The Kier molecular flexibility index (Phi) is 4.34. The summed E-state index contributed by atoms with van der Waals surface area (Å²) in [6, 6.07) is 3.88. The number of carbonyl (C=O) groups is 1. The fraction of sp³-hybridized carbons (Fsp3) is 0.400. The molecule has 0 aromatic carbocycles. The number of hydrogen-bond acceptors (Lipinski definition) is 5. The first kappa shape index (κ1) is 14.5. The van der Waals surface area contributed by atoms with Gasteiger partial charge in [0.25, 0.3) is 5.91 Å². The molecule has 7 heteroatoms. The molecule has 2 aromatic heterocycles. The number of nitrogens with one attached hydrogen (secondary N) is 1. The predicted molar refractivity (Wildman–Crippen MR) is 81.2 cm³/mol. The summed E-state index contributed by atoms with van der Waals surface area (Å²) in [5.41, 5.74) is 1.06. The quantitative estimate of drug-likeness (QED) is 0.881. The molecule has 116 valence electrons. The van der Waals surface area contributed by atoms with E-state index in [4.69, 9.17) is 4.74 Å². The second kappa shape index (κ2) is 6.57. The number of anilines is 1. The molecule has 0 spiro atoms. The predicted octanol–water partition coefficient (Wildman–Crippen LogP) is 0.337. The second-order valence-electron chi connectivity index (χ2n) is 5.18. The molecule has 7 nitrogen and oxygen atoms in total. The van der Waals surface area contributed by atoms with Crippen LogP contribution in [0.25, 0.3) is 0 Å². The molecule has 1 atom stereocenters. The van der Waals surface area contributed by atoms with E-state index in [-0.39, 0.29) is 5.91 Å². The van der Waals surface area contributed by atoms with Crippen molar-refractivity contribution >= 4 is 11.6 Å². The summed E-state index contributed by atoms with van der Waals surface area (Å²) in [6.45, 7) is 2.24. The minimum Gasteiger partial charge on any atom is -0.366 e. The highest BCUT2D eigenvalue weighted by molar-refractivity contribution is 5.81. The third kappa shape index (κ3) is 3.25. The van der Waals surface area contributed by atoms with E-state index in [0.29, 0.717) is 19.7 Å². The number of aryl methyl sites for hydroxylation is 1. The SMILES string of the molecule is Cn1ccnc1CNC(=O)C1CN(c2ccncc2)CCO1. The lowest BCUT2D eigenvalue weighted by atomic mass is 10.2. The van der Waals surface area contributed by atoms with E-state index >= 15 is 0 Å². The molecular formula is C15H19N5O2. The monoisotopic (exact) mass is 301 g/mol. The summed E-state index contributed by atoms with van der Waals surface area (Å²) in [5.74, 6) is 0.705. The summed E-state index contributed by atoms with van der Waals surface area (Å²) >= 11 is 0. The van der Waals surface area contributed by atoms with Crippen LogP contribution in [0.4, 0.5) is 5.69 Å². The molecule has 0 saturated carbocycles. The smallest absolute Gasteiger partial charge is 0.251 e. The van der Waals surface area contributed by atoms with Gasteiger partial charge in [-0.2, -0.15) is 0 Å². The normalized spacial score (nSPS) is 18.2. The van der Waals surface area contributed by atoms with Gasteiger partial charge in [-0.1, -0.05) is 0 Å². The maximum Gasteiger partial charge on any atom is 0.251 e. The van der Waals surface area contributed by atoms with Gasteiger partial charge in [0.05, 0.1) is 19.7 Å². The Morgan fingerprint density at radius 2 is 2.23 bits per heavy atom. The molecule has 3 rings (SSSR count). The summed E-state index contributed by atoms with van der Waals surface area (Å²) in [7, 11) is 1.90. The van der Waals surface area contributed by atoms with Crippen molar-refractivity contribution in [2.75, 3.05) is 24.6 Å². The van der Waals surface area contributed by atoms with Gasteiger partial charge in [0, 0.05) is 44.1 Å². The Morgan fingerprint density at radius 1 is 1.41 bits per heavy atom. The number of carbonyl (C=O) groups excluding carboxylic acids is 1. The molecule has 22 heavy (non-hydrogen) atoms. The lowest BCUT2D eigenvalue weighted by molar-refractivity contribution is -0.133. The van der Waals surface area contributed by atoms with Crippen LogP contribution in [0.3, 0.4) is 0 Å². The Labute approximate surface area is 128 Å². The van der Waals surface area contributed by atoms with Crippen molar-refractivity contribution < 1.29 is 9.53 Å². The van der Waals surface area contributed by atoms with E-state index in [9.17, 15) is 4.79 Å². The van der Waals surface area contributed by atoms with Gasteiger partial charge < -0.3 is 19.5 Å². The zero-order valence-corrected chi connectivity index (χ0v) is 12.5. The fourth-order valence-corrected chi connectivity index (χ4v) is 2.44. The average Bonchev–Trinajstić information content (AvgIpc) is 2.99. The van der Waals surface area contributed by atoms with Crippen molar-refractivity contribution in [2.24, 2.45) is 7.05 Å². The number of ether oxygens (including phenoxy) is 1. The first-order valence-electron chi connectivity index (χ1n) is 7.24. The molecule has 0 radical (unpaired) electrons. The van der Waals surface area contributed by atoms with Crippen molar-refractivity contribution in [3.8, 4) is 0 Å². The van der Waals surface area contributed by atoms with E-state index in [1.807, 2.05) is 29.9 Å². The molecule has 1 unspecified atom stereocenters. The molecule has 1 saturated heterocycles. The van der Waals surface area contributed by atoms with E-state index in [2.05, 4.69) is 20.2 Å². The maximum absolute atomic E-state index is 12.3. The van der Waals surface area contributed by atoms with Crippen molar-refractivity contribution in [1.82, 2.24) is 19.9 Å². The van der Waals surface area contributed by atoms with E-state index < -0.39 is 6.10 Å². The van der Waals surface area contributed by atoms with Gasteiger partial charge in [0.15, 0.2) is 6.10 Å². The number of morpholine rings is 1. The van der Waals surface area contributed by atoms with Crippen LogP contribution in [0, 0.1) is 0 Å². The van der Waals surface area contributed by atoms with Crippen LogP contribution in [0.2, 0.25) is 0 Å². The number of aromatic nitrogens is 3. The van der Waals surface area contributed by atoms with Gasteiger partial charge in [-0.3, -0.25) is 9.78 Å². The third-order valence-electron chi connectivity index (χ3n) is 3.73. The number of imidazole rings is 1. The van der Waals surface area contributed by atoms with Gasteiger partial charge in [0.1, 0.15) is 5.82 Å². The van der Waals surface area contributed by atoms with Gasteiger partial charge in [0.2, 0.25) is 0 Å². The van der Waals surface area contributed by atoms with Crippen LogP contribution < -0.4 is 10.2 Å². The van der Waals surface area contributed by atoms with Crippen molar-refractivity contribution in [1.29, 1.82) is 0 Å². The summed E-state index contributed by atoms with van der Waals surface area (Å²) in [5, 5.41) is 2.88. The maximum atomic E-state index is 12.3. The molecular weight excluding hydrogens is 282 g/mol. The van der Waals surface area contributed by atoms with Gasteiger partial charge in [-0.25, -0.2) is 4.98 Å². The number of nitrogens with zero attached hydrogens (tertiary/aromatic N) is 4. The highest BCUT2D eigenvalue weighted by atomic mass is 16.5. The largest absolute Gasteiger partial charge is 0.366 e. The first-order valence-corrected chi connectivity index (χ1v) is 7.24. The van der Waals surface area contributed by atoms with Crippen molar-refractivity contribution in [3.05, 3.63) is 42.7 Å². The summed E-state index contributed by atoms with van der Waals surface area (Å²) in [4.78, 5) is 22.6. The Bertz CT molecular complexity index is 628. The Morgan fingerprint density at radius 3 is 2.95 bits per heavy atom. The minimum absolute atomic E-state index is 0.109. The topological polar surface area (TPSA) is 72.3 Å². The van der Waals surface area contributed by atoms with Crippen LogP contribution in [0.1, 0.15) is 5.82 Å². The van der Waals surface area contributed by atoms with Crippen LogP contribution in [-0.2, 0) is 23.1 Å². The highest BCUT2D eigenvalue weighted by Crippen LogP contribution is 2.16. The lowest BCUT2D eigenvalue weighted by Gasteiger charge is -2.33. The number of rotatable bonds is 4. The Balaban J connectivity index is 1.57. The number of amides is 1. The molecule has 1 aliphatic rings. The zero-order chi connectivity index (χ0) is 15.4. The molecule has 1 aliphatic heterocycles. The van der Waals surface area contributed by atoms with Crippen LogP contribution in [-0.4, -0.2) is 46.2 Å². The van der Waals surface area contributed by atoms with E-state index in [1.165, 1.54) is 0 Å². The van der Waals surface area contributed by atoms with Crippen molar-refractivity contribution in [3.63, 3.8) is 0 Å². The molecule has 2 aromatic rings. The van der Waals surface area contributed by atoms with Crippen LogP contribution in [0.15, 0.2) is 36.9 Å². The van der Waals surface area contributed by atoms with Crippen LogP contribution in [0.5, 0.6) is 0 Å². The molecule has 3 heterocycles. The first-order chi connectivity index (χ1) is 10.7. The van der Waals surface area contributed by atoms with Gasteiger partial charge in [-0.15, -0.1) is 0 Å². The average molecular weight is 301 g/mol. The highest BCUT2D eigenvalue weighted by Gasteiger charge is 2.26. The van der Waals surface area contributed by atoms with E-state index in [1.54, 1.807) is 18.6 Å². The molecule has 1 N–H and O–H groups in total. The minimum atomic E-state index is -0.470. The van der Waals surface area contributed by atoms with Gasteiger partial charge >= 0.3 is 0 Å². The number of hydrogen-bond donors (Lipinski definition) is 1. The fourth-order valence-electron chi connectivity index (χ4n) is 2.44.